The summed E-state index contributed by atoms with van der Waals surface area (Å²) in [7, 11) is -3.83. The predicted molar refractivity (Wildman–Crippen MR) is 81.2 cm³/mol. The molecule has 0 aliphatic carbocycles. The zero-order valence-electron chi connectivity index (χ0n) is 9.95. The summed E-state index contributed by atoms with van der Waals surface area (Å²) in [6.07, 6.45) is 1.00. The molecule has 0 aliphatic rings. The van der Waals surface area contributed by atoms with Gasteiger partial charge in [0, 0.05) is 15.5 Å². The molecule has 0 saturated carbocycles. The summed E-state index contributed by atoms with van der Waals surface area (Å²) >= 11 is 2.11. The van der Waals surface area contributed by atoms with Crippen LogP contribution in [-0.4, -0.2) is 24.5 Å². The highest BCUT2D eigenvalue weighted by atomic mass is 127. The Kier molecular flexibility index (Phi) is 4.23. The molecule has 104 valence electrons. The van der Waals surface area contributed by atoms with Gasteiger partial charge in [0.1, 0.15) is 0 Å². The van der Waals surface area contributed by atoms with Gasteiger partial charge in [-0.15, -0.1) is 0 Å². The van der Waals surface area contributed by atoms with Crippen LogP contribution in [0.5, 0.6) is 0 Å². The van der Waals surface area contributed by atoms with E-state index < -0.39 is 16.0 Å². The lowest BCUT2D eigenvalue weighted by molar-refractivity contribution is 0.0696. The van der Waals surface area contributed by atoms with Crippen LogP contribution in [-0.2, 0) is 10.0 Å². The topological polar surface area (TPSA) is 96.4 Å². The van der Waals surface area contributed by atoms with E-state index in [9.17, 15) is 13.2 Å². The number of benzene rings is 1. The molecule has 1 aromatic heterocycles. The first-order valence-corrected chi connectivity index (χ1v) is 7.92. The van der Waals surface area contributed by atoms with Crippen molar-refractivity contribution in [2.75, 3.05) is 4.72 Å². The summed E-state index contributed by atoms with van der Waals surface area (Å²) in [5.41, 5.74) is 0.341. The van der Waals surface area contributed by atoms with Crippen molar-refractivity contribution >= 4 is 44.3 Å². The molecule has 0 unspecified atom stereocenters. The van der Waals surface area contributed by atoms with E-state index in [0.29, 0.717) is 5.69 Å². The lowest BCUT2D eigenvalue weighted by atomic mass is 10.3. The average molecular weight is 404 g/mol. The summed E-state index contributed by atoms with van der Waals surface area (Å²) in [4.78, 5) is 14.3. The first-order chi connectivity index (χ1) is 9.38. The molecule has 0 amide bonds. The number of rotatable bonds is 4. The number of carboxylic acids is 1. The first kappa shape index (κ1) is 14.7. The second-order valence-corrected chi connectivity index (χ2v) is 6.68. The third kappa shape index (κ3) is 3.45. The smallest absolute Gasteiger partial charge is 0.337 e. The standard InChI is InChI=1S/C12H9IN2O4S/c13-9-2-4-10(5-3-9)15-20(18,19)11-6-1-8(7-14-11)12(16)17/h1-7,15H,(H,16,17). The average Bonchev–Trinajstić information content (AvgIpc) is 2.41. The molecule has 6 nitrogen and oxygen atoms in total. The lowest BCUT2D eigenvalue weighted by Crippen LogP contribution is -2.14. The number of nitrogens with one attached hydrogen (secondary N) is 1. The van der Waals surface area contributed by atoms with Crippen LogP contribution in [0.3, 0.4) is 0 Å². The maximum Gasteiger partial charge on any atom is 0.337 e. The Bertz CT molecular complexity index is 727. The molecular weight excluding hydrogens is 395 g/mol. The second kappa shape index (κ2) is 5.75. The molecule has 2 aromatic rings. The number of sulfonamides is 1. The Hall–Kier alpha value is -1.68. The number of anilines is 1. The van der Waals surface area contributed by atoms with Gasteiger partial charge in [0.2, 0.25) is 0 Å². The fraction of sp³-hybridized carbons (Fsp3) is 0. The monoisotopic (exact) mass is 404 g/mol. The maximum atomic E-state index is 12.0. The summed E-state index contributed by atoms with van der Waals surface area (Å²) in [6.45, 7) is 0. The van der Waals surface area contributed by atoms with Crippen LogP contribution >= 0.6 is 22.6 Å². The number of carboxylic acid groups (broad SMARTS) is 1. The number of pyridine rings is 1. The van der Waals surface area contributed by atoms with E-state index in [1.54, 1.807) is 24.3 Å². The van der Waals surface area contributed by atoms with Gasteiger partial charge in [0.15, 0.2) is 5.03 Å². The fourth-order valence-corrected chi connectivity index (χ4v) is 2.74. The maximum absolute atomic E-state index is 12.0. The molecule has 0 aliphatic heterocycles. The fourth-order valence-electron chi connectivity index (χ4n) is 1.39. The lowest BCUT2D eigenvalue weighted by Gasteiger charge is -2.07. The van der Waals surface area contributed by atoms with Crippen LogP contribution in [0.15, 0.2) is 47.6 Å². The quantitative estimate of drug-likeness (QED) is 0.762. The minimum absolute atomic E-state index is 0.0711. The molecule has 1 aromatic carbocycles. The summed E-state index contributed by atoms with van der Waals surface area (Å²) in [6, 6.07) is 9.13. The van der Waals surface area contributed by atoms with Gasteiger partial charge in [0.25, 0.3) is 10.0 Å². The highest BCUT2D eigenvalue weighted by molar-refractivity contribution is 14.1. The third-order valence-corrected chi connectivity index (χ3v) is 4.37. The molecule has 0 atom stereocenters. The third-order valence-electron chi connectivity index (χ3n) is 2.36. The van der Waals surface area contributed by atoms with Gasteiger partial charge in [-0.2, -0.15) is 8.42 Å². The SMILES string of the molecule is O=C(O)c1ccc(S(=O)(=O)Nc2ccc(I)cc2)nc1. The van der Waals surface area contributed by atoms with Crippen LogP contribution in [0.4, 0.5) is 5.69 Å². The van der Waals surface area contributed by atoms with E-state index in [-0.39, 0.29) is 10.6 Å². The van der Waals surface area contributed by atoms with Crippen LogP contribution in [0.2, 0.25) is 0 Å². The minimum Gasteiger partial charge on any atom is -0.478 e. The van der Waals surface area contributed by atoms with Gasteiger partial charge in [-0.1, -0.05) is 0 Å². The molecule has 0 spiro atoms. The number of carbonyl (C=O) groups is 1. The van der Waals surface area contributed by atoms with Crippen molar-refractivity contribution in [3.63, 3.8) is 0 Å². The summed E-state index contributed by atoms with van der Waals surface area (Å²) in [5.74, 6) is -1.16. The zero-order valence-corrected chi connectivity index (χ0v) is 12.9. The van der Waals surface area contributed by atoms with Gasteiger partial charge in [-0.3, -0.25) is 4.72 Å². The molecule has 0 saturated heterocycles. The molecular formula is C12H9IN2O4S. The Morgan fingerprint density at radius 1 is 1.15 bits per heavy atom. The molecule has 0 bridgehead atoms. The van der Waals surface area contributed by atoms with Crippen molar-refractivity contribution in [2.45, 2.75) is 5.03 Å². The second-order valence-electron chi connectivity index (χ2n) is 3.80. The van der Waals surface area contributed by atoms with Crippen LogP contribution in [0.1, 0.15) is 10.4 Å². The predicted octanol–water partition coefficient (Wildman–Crippen LogP) is 2.19. The van der Waals surface area contributed by atoms with Crippen molar-refractivity contribution in [1.82, 2.24) is 4.98 Å². The Labute approximate surface area is 129 Å². The number of hydrogen-bond donors (Lipinski definition) is 2. The van der Waals surface area contributed by atoms with Crippen molar-refractivity contribution in [2.24, 2.45) is 0 Å². The summed E-state index contributed by atoms with van der Waals surface area (Å²) < 4.78 is 27.4. The van der Waals surface area contributed by atoms with Crippen molar-refractivity contribution in [3.8, 4) is 0 Å². The minimum atomic E-state index is -3.83. The van der Waals surface area contributed by atoms with Crippen molar-refractivity contribution in [1.29, 1.82) is 0 Å². The molecule has 2 rings (SSSR count). The number of aromatic nitrogens is 1. The number of hydrogen-bond acceptors (Lipinski definition) is 4. The first-order valence-electron chi connectivity index (χ1n) is 5.36. The Balaban J connectivity index is 2.26. The van der Waals surface area contributed by atoms with E-state index in [4.69, 9.17) is 5.11 Å². The van der Waals surface area contributed by atoms with E-state index >= 15 is 0 Å². The van der Waals surface area contributed by atoms with E-state index in [1.807, 2.05) is 0 Å². The van der Waals surface area contributed by atoms with Crippen molar-refractivity contribution in [3.05, 3.63) is 51.7 Å². The molecule has 0 fully saturated rings. The van der Waals surface area contributed by atoms with Gasteiger partial charge < -0.3 is 5.11 Å². The Morgan fingerprint density at radius 2 is 1.80 bits per heavy atom. The molecule has 20 heavy (non-hydrogen) atoms. The van der Waals surface area contributed by atoms with Crippen LogP contribution in [0, 0.1) is 3.57 Å². The van der Waals surface area contributed by atoms with Gasteiger partial charge in [-0.05, 0) is 59.0 Å². The largest absolute Gasteiger partial charge is 0.478 e. The van der Waals surface area contributed by atoms with Gasteiger partial charge >= 0.3 is 5.97 Å². The highest BCUT2D eigenvalue weighted by Crippen LogP contribution is 2.16. The van der Waals surface area contributed by atoms with E-state index in [0.717, 1.165) is 15.8 Å². The number of aromatic carboxylic acids is 1. The Morgan fingerprint density at radius 3 is 2.30 bits per heavy atom. The highest BCUT2D eigenvalue weighted by Gasteiger charge is 2.16. The molecule has 2 N–H and O–H groups in total. The molecule has 8 heteroatoms. The van der Waals surface area contributed by atoms with Gasteiger partial charge in [0.05, 0.1) is 5.56 Å². The van der Waals surface area contributed by atoms with Gasteiger partial charge in [-0.25, -0.2) is 9.78 Å². The van der Waals surface area contributed by atoms with Crippen molar-refractivity contribution < 1.29 is 18.3 Å². The number of halogens is 1. The summed E-state index contributed by atoms with van der Waals surface area (Å²) in [5, 5.41) is 8.50. The van der Waals surface area contributed by atoms with Crippen LogP contribution in [0.25, 0.3) is 0 Å². The molecule has 0 radical (unpaired) electrons. The van der Waals surface area contributed by atoms with E-state index in [2.05, 4.69) is 32.3 Å². The van der Waals surface area contributed by atoms with E-state index in [1.165, 1.54) is 6.07 Å². The zero-order chi connectivity index (χ0) is 14.8. The number of nitrogens with zero attached hydrogens (tertiary/aromatic N) is 1. The molecule has 1 heterocycles. The van der Waals surface area contributed by atoms with Crippen LogP contribution < -0.4 is 4.72 Å². The normalized spacial score (nSPS) is 11.1.